The predicted molar refractivity (Wildman–Crippen MR) is 97.8 cm³/mol. The van der Waals surface area contributed by atoms with Crippen molar-refractivity contribution in [3.05, 3.63) is 34.3 Å². The van der Waals surface area contributed by atoms with Crippen LogP contribution in [0.15, 0.2) is 29.4 Å². The fourth-order valence-electron chi connectivity index (χ4n) is 2.28. The SMILES string of the molecule is CCc1cnc(CNC(=NC)NCCOc2ccc3c(c2)OCO3)s1. The van der Waals surface area contributed by atoms with Crippen LogP contribution in [-0.4, -0.2) is 37.9 Å². The van der Waals surface area contributed by atoms with E-state index in [2.05, 4.69) is 27.5 Å². The van der Waals surface area contributed by atoms with Gasteiger partial charge in [0.05, 0.1) is 13.1 Å². The van der Waals surface area contributed by atoms with Gasteiger partial charge in [-0.15, -0.1) is 11.3 Å². The summed E-state index contributed by atoms with van der Waals surface area (Å²) in [4.78, 5) is 9.87. The van der Waals surface area contributed by atoms with Gasteiger partial charge in [-0.3, -0.25) is 4.99 Å². The molecule has 0 fully saturated rings. The number of rotatable bonds is 7. The van der Waals surface area contributed by atoms with E-state index in [4.69, 9.17) is 14.2 Å². The molecule has 1 aliphatic rings. The second-order valence-corrected chi connectivity index (χ2v) is 6.49. The molecule has 0 atom stereocenters. The van der Waals surface area contributed by atoms with Gasteiger partial charge in [-0.2, -0.15) is 0 Å². The van der Waals surface area contributed by atoms with Crippen molar-refractivity contribution < 1.29 is 14.2 Å². The summed E-state index contributed by atoms with van der Waals surface area (Å²) in [6.07, 6.45) is 2.94. The summed E-state index contributed by atoms with van der Waals surface area (Å²) < 4.78 is 16.3. The van der Waals surface area contributed by atoms with Crippen LogP contribution in [0.5, 0.6) is 17.2 Å². The Hall–Kier alpha value is -2.48. The number of aryl methyl sites for hydroxylation is 1. The maximum atomic E-state index is 5.72. The van der Waals surface area contributed by atoms with Crippen LogP contribution in [-0.2, 0) is 13.0 Å². The lowest BCUT2D eigenvalue weighted by Crippen LogP contribution is -2.38. The lowest BCUT2D eigenvalue weighted by Gasteiger charge is -2.12. The number of hydrogen-bond donors (Lipinski definition) is 2. The topological polar surface area (TPSA) is 77.0 Å². The lowest BCUT2D eigenvalue weighted by molar-refractivity contribution is 0.173. The van der Waals surface area contributed by atoms with Crippen LogP contribution in [0.2, 0.25) is 0 Å². The van der Waals surface area contributed by atoms with Crippen molar-refractivity contribution in [3.63, 3.8) is 0 Å². The molecule has 2 N–H and O–H groups in total. The molecular weight excluding hydrogens is 340 g/mol. The van der Waals surface area contributed by atoms with Gasteiger partial charge in [0, 0.05) is 24.2 Å². The van der Waals surface area contributed by atoms with Crippen molar-refractivity contribution in [2.75, 3.05) is 27.0 Å². The molecule has 7 nitrogen and oxygen atoms in total. The Labute approximate surface area is 151 Å². The Morgan fingerprint density at radius 1 is 1.32 bits per heavy atom. The van der Waals surface area contributed by atoms with Crippen molar-refractivity contribution >= 4 is 17.3 Å². The number of nitrogens with one attached hydrogen (secondary N) is 2. The van der Waals surface area contributed by atoms with E-state index < -0.39 is 0 Å². The van der Waals surface area contributed by atoms with Gasteiger partial charge in [0.25, 0.3) is 0 Å². The Balaban J connectivity index is 1.38. The number of aliphatic imine (C=N–C) groups is 1. The Morgan fingerprint density at radius 2 is 2.20 bits per heavy atom. The largest absolute Gasteiger partial charge is 0.492 e. The standard InChI is InChI=1S/C17H22N4O3S/c1-3-13-9-20-16(25-13)10-21-17(18-2)19-6-7-22-12-4-5-14-15(8-12)24-11-23-14/h4-5,8-9H,3,6-7,10-11H2,1-2H3,(H2,18,19,21). The van der Waals surface area contributed by atoms with E-state index in [0.29, 0.717) is 19.7 Å². The first kappa shape index (κ1) is 17.3. The fourth-order valence-corrected chi connectivity index (χ4v) is 3.08. The summed E-state index contributed by atoms with van der Waals surface area (Å²) in [7, 11) is 1.74. The number of fused-ring (bicyclic) bond motifs is 1. The van der Waals surface area contributed by atoms with Gasteiger partial charge in [-0.1, -0.05) is 6.92 Å². The van der Waals surface area contributed by atoms with Crippen LogP contribution < -0.4 is 24.8 Å². The van der Waals surface area contributed by atoms with Crippen LogP contribution in [0.25, 0.3) is 0 Å². The predicted octanol–water partition coefficient (Wildman–Crippen LogP) is 2.18. The smallest absolute Gasteiger partial charge is 0.231 e. The average molecular weight is 362 g/mol. The zero-order chi connectivity index (χ0) is 17.5. The molecule has 0 saturated carbocycles. The molecule has 25 heavy (non-hydrogen) atoms. The highest BCUT2D eigenvalue weighted by Gasteiger charge is 2.13. The van der Waals surface area contributed by atoms with E-state index in [-0.39, 0.29) is 6.79 Å². The van der Waals surface area contributed by atoms with E-state index in [1.165, 1.54) is 4.88 Å². The minimum Gasteiger partial charge on any atom is -0.492 e. The molecule has 0 aliphatic carbocycles. The third-order valence-electron chi connectivity index (χ3n) is 3.59. The summed E-state index contributed by atoms with van der Waals surface area (Å²) in [5.74, 6) is 2.95. The number of guanidine groups is 1. The van der Waals surface area contributed by atoms with Crippen LogP contribution >= 0.6 is 11.3 Å². The van der Waals surface area contributed by atoms with Crippen LogP contribution in [0.3, 0.4) is 0 Å². The molecule has 0 bridgehead atoms. The normalized spacial score (nSPS) is 13.0. The molecule has 1 aromatic heterocycles. The molecule has 134 valence electrons. The average Bonchev–Trinajstić information content (AvgIpc) is 3.29. The second-order valence-electron chi connectivity index (χ2n) is 5.29. The molecule has 1 aliphatic heterocycles. The maximum Gasteiger partial charge on any atom is 0.231 e. The summed E-state index contributed by atoms with van der Waals surface area (Å²) in [5, 5.41) is 7.52. The van der Waals surface area contributed by atoms with Crippen molar-refractivity contribution in [1.82, 2.24) is 15.6 Å². The molecular formula is C17H22N4O3S. The maximum absolute atomic E-state index is 5.72. The minimum absolute atomic E-state index is 0.265. The Bertz CT molecular complexity index is 732. The van der Waals surface area contributed by atoms with E-state index in [0.717, 1.165) is 34.6 Å². The second kappa shape index (κ2) is 8.57. The highest BCUT2D eigenvalue weighted by Crippen LogP contribution is 2.34. The molecule has 2 heterocycles. The number of hydrogen-bond acceptors (Lipinski definition) is 6. The van der Waals surface area contributed by atoms with Gasteiger partial charge in [0.2, 0.25) is 6.79 Å². The quantitative estimate of drug-likeness (QED) is 0.447. The number of thiazole rings is 1. The Morgan fingerprint density at radius 3 is 3.00 bits per heavy atom. The van der Waals surface area contributed by atoms with Gasteiger partial charge >= 0.3 is 0 Å². The van der Waals surface area contributed by atoms with Crippen LogP contribution in [0.4, 0.5) is 0 Å². The van der Waals surface area contributed by atoms with E-state index in [1.54, 1.807) is 18.4 Å². The number of nitrogens with zero attached hydrogens (tertiary/aromatic N) is 2. The summed E-state index contributed by atoms with van der Waals surface area (Å²) >= 11 is 1.72. The van der Waals surface area contributed by atoms with Gasteiger partial charge in [-0.05, 0) is 18.6 Å². The molecule has 0 amide bonds. The first-order chi connectivity index (χ1) is 12.3. The third kappa shape index (κ3) is 4.76. The molecule has 3 rings (SSSR count). The number of aromatic nitrogens is 1. The van der Waals surface area contributed by atoms with E-state index in [9.17, 15) is 0 Å². The molecule has 8 heteroatoms. The van der Waals surface area contributed by atoms with Crippen molar-refractivity contribution in [3.8, 4) is 17.2 Å². The first-order valence-electron chi connectivity index (χ1n) is 8.19. The third-order valence-corrected chi connectivity index (χ3v) is 4.73. The number of ether oxygens (including phenoxy) is 3. The molecule has 0 unspecified atom stereocenters. The Kier molecular flexibility index (Phi) is 5.95. The van der Waals surface area contributed by atoms with Crippen LogP contribution in [0.1, 0.15) is 16.8 Å². The lowest BCUT2D eigenvalue weighted by atomic mass is 10.3. The van der Waals surface area contributed by atoms with Crippen molar-refractivity contribution in [1.29, 1.82) is 0 Å². The number of benzene rings is 1. The molecule has 0 spiro atoms. The minimum atomic E-state index is 0.265. The summed E-state index contributed by atoms with van der Waals surface area (Å²) in [6.45, 7) is 4.20. The van der Waals surface area contributed by atoms with E-state index >= 15 is 0 Å². The molecule has 2 aromatic rings. The van der Waals surface area contributed by atoms with Gasteiger partial charge in [0.1, 0.15) is 17.4 Å². The summed E-state index contributed by atoms with van der Waals surface area (Å²) in [5.41, 5.74) is 0. The molecule has 0 radical (unpaired) electrons. The highest BCUT2D eigenvalue weighted by molar-refractivity contribution is 7.11. The van der Waals surface area contributed by atoms with Crippen molar-refractivity contribution in [2.45, 2.75) is 19.9 Å². The summed E-state index contributed by atoms with van der Waals surface area (Å²) in [6, 6.07) is 5.56. The van der Waals surface area contributed by atoms with Gasteiger partial charge in [-0.25, -0.2) is 4.98 Å². The monoisotopic (exact) mass is 362 g/mol. The first-order valence-corrected chi connectivity index (χ1v) is 9.00. The van der Waals surface area contributed by atoms with Crippen LogP contribution in [0, 0.1) is 0 Å². The molecule has 1 aromatic carbocycles. The highest BCUT2D eigenvalue weighted by atomic mass is 32.1. The van der Waals surface area contributed by atoms with E-state index in [1.807, 2.05) is 24.4 Å². The van der Waals surface area contributed by atoms with Gasteiger partial charge in [0.15, 0.2) is 17.5 Å². The fraction of sp³-hybridized carbons (Fsp3) is 0.412. The zero-order valence-corrected chi connectivity index (χ0v) is 15.2. The zero-order valence-electron chi connectivity index (χ0n) is 14.4. The molecule has 0 saturated heterocycles. The van der Waals surface area contributed by atoms with Gasteiger partial charge < -0.3 is 24.8 Å². The van der Waals surface area contributed by atoms with Crippen molar-refractivity contribution in [2.24, 2.45) is 4.99 Å².